The molecule has 2 aromatic carbocycles. The molecule has 0 fully saturated rings. The zero-order valence-electron chi connectivity index (χ0n) is 12.7. The van der Waals surface area contributed by atoms with Crippen molar-refractivity contribution in [1.82, 2.24) is 4.90 Å². The minimum Gasteiger partial charge on any atom is -0.337 e. The van der Waals surface area contributed by atoms with E-state index < -0.39 is 0 Å². The van der Waals surface area contributed by atoms with Gasteiger partial charge in [0, 0.05) is 13.6 Å². The van der Waals surface area contributed by atoms with E-state index in [1.807, 2.05) is 50.2 Å². The van der Waals surface area contributed by atoms with Crippen molar-refractivity contribution in [2.24, 2.45) is 5.84 Å². The molecule has 0 atom stereocenters. The molecule has 1 amide bonds. The van der Waals surface area contributed by atoms with E-state index in [9.17, 15) is 4.79 Å². The fraction of sp³-hybridized carbons (Fsp3) is 0.235. The van der Waals surface area contributed by atoms with Crippen molar-refractivity contribution in [2.45, 2.75) is 20.4 Å². The Morgan fingerprint density at radius 2 is 1.86 bits per heavy atom. The van der Waals surface area contributed by atoms with E-state index in [1.165, 1.54) is 5.56 Å². The minimum atomic E-state index is -0.0480. The van der Waals surface area contributed by atoms with Crippen LogP contribution < -0.4 is 11.3 Å². The first kappa shape index (κ1) is 15.1. The van der Waals surface area contributed by atoms with Crippen LogP contribution in [-0.2, 0) is 6.54 Å². The maximum absolute atomic E-state index is 12.6. The Hall–Kier alpha value is -2.33. The Morgan fingerprint density at radius 1 is 1.14 bits per heavy atom. The molecule has 0 saturated heterocycles. The lowest BCUT2D eigenvalue weighted by molar-refractivity contribution is 0.0786. The molecule has 2 aromatic rings. The fourth-order valence-corrected chi connectivity index (χ4v) is 2.32. The fourth-order valence-electron chi connectivity index (χ4n) is 2.32. The van der Waals surface area contributed by atoms with Gasteiger partial charge in [0.15, 0.2) is 0 Å². The molecule has 0 aliphatic carbocycles. The molecule has 2 rings (SSSR count). The summed E-state index contributed by atoms with van der Waals surface area (Å²) in [5.74, 6) is 5.44. The standard InChI is InChI=1S/C17H21N3O/c1-12-5-4-6-14(9-12)11-20(3)17(21)15-10-13(2)7-8-16(15)19-18/h4-10,19H,11,18H2,1-3H3. The van der Waals surface area contributed by atoms with E-state index >= 15 is 0 Å². The van der Waals surface area contributed by atoms with Crippen LogP contribution >= 0.6 is 0 Å². The molecule has 4 heteroatoms. The number of aryl methyl sites for hydroxylation is 2. The summed E-state index contributed by atoms with van der Waals surface area (Å²) in [6.45, 7) is 4.57. The van der Waals surface area contributed by atoms with Gasteiger partial charge in [-0.2, -0.15) is 0 Å². The molecule has 0 radical (unpaired) electrons. The predicted molar refractivity (Wildman–Crippen MR) is 86.0 cm³/mol. The Bertz CT molecular complexity index is 652. The smallest absolute Gasteiger partial charge is 0.256 e. The number of hydrazine groups is 1. The second-order valence-electron chi connectivity index (χ2n) is 5.34. The number of carbonyl (C=O) groups excluding carboxylic acids is 1. The average Bonchev–Trinajstić information content (AvgIpc) is 2.46. The van der Waals surface area contributed by atoms with E-state index in [4.69, 9.17) is 5.84 Å². The first-order chi connectivity index (χ1) is 10.0. The molecule has 3 N–H and O–H groups in total. The van der Waals surface area contributed by atoms with Crippen LogP contribution in [0.15, 0.2) is 42.5 Å². The summed E-state index contributed by atoms with van der Waals surface area (Å²) in [6, 6.07) is 13.8. The first-order valence-electron chi connectivity index (χ1n) is 6.89. The number of carbonyl (C=O) groups is 1. The molecule has 0 aromatic heterocycles. The van der Waals surface area contributed by atoms with Gasteiger partial charge in [0.1, 0.15) is 0 Å². The molecule has 0 heterocycles. The SMILES string of the molecule is Cc1cccc(CN(C)C(=O)c2cc(C)ccc2NN)c1. The zero-order chi connectivity index (χ0) is 15.4. The number of nitrogen functional groups attached to an aromatic ring is 1. The Kier molecular flexibility index (Phi) is 4.60. The monoisotopic (exact) mass is 283 g/mol. The van der Waals surface area contributed by atoms with Gasteiger partial charge in [-0.3, -0.25) is 10.6 Å². The highest BCUT2D eigenvalue weighted by molar-refractivity contribution is 5.99. The predicted octanol–water partition coefficient (Wildman–Crippen LogP) is 2.86. The number of nitrogens with two attached hydrogens (primary N) is 1. The highest BCUT2D eigenvalue weighted by atomic mass is 16.2. The molecular formula is C17H21N3O. The largest absolute Gasteiger partial charge is 0.337 e. The third-order valence-electron chi connectivity index (χ3n) is 3.41. The van der Waals surface area contributed by atoms with Gasteiger partial charge in [-0.1, -0.05) is 41.5 Å². The summed E-state index contributed by atoms with van der Waals surface area (Å²) < 4.78 is 0. The number of nitrogens with one attached hydrogen (secondary N) is 1. The topological polar surface area (TPSA) is 58.4 Å². The Labute approximate surface area is 125 Å². The zero-order valence-corrected chi connectivity index (χ0v) is 12.7. The van der Waals surface area contributed by atoms with E-state index in [0.29, 0.717) is 17.8 Å². The van der Waals surface area contributed by atoms with Crippen molar-refractivity contribution in [2.75, 3.05) is 12.5 Å². The van der Waals surface area contributed by atoms with Gasteiger partial charge in [0.05, 0.1) is 11.3 Å². The van der Waals surface area contributed by atoms with Crippen molar-refractivity contribution >= 4 is 11.6 Å². The molecule has 4 nitrogen and oxygen atoms in total. The maximum atomic E-state index is 12.6. The van der Waals surface area contributed by atoms with Crippen LogP contribution in [0, 0.1) is 13.8 Å². The third kappa shape index (κ3) is 3.61. The van der Waals surface area contributed by atoms with Gasteiger partial charge in [-0.05, 0) is 31.5 Å². The number of benzene rings is 2. The Morgan fingerprint density at radius 3 is 2.52 bits per heavy atom. The Balaban J connectivity index is 2.21. The van der Waals surface area contributed by atoms with Crippen molar-refractivity contribution in [3.63, 3.8) is 0 Å². The van der Waals surface area contributed by atoms with E-state index in [1.54, 1.807) is 11.9 Å². The van der Waals surface area contributed by atoms with Crippen LogP contribution in [0.4, 0.5) is 5.69 Å². The van der Waals surface area contributed by atoms with Gasteiger partial charge in [0.2, 0.25) is 0 Å². The summed E-state index contributed by atoms with van der Waals surface area (Å²) in [4.78, 5) is 14.3. The highest BCUT2D eigenvalue weighted by Gasteiger charge is 2.16. The summed E-state index contributed by atoms with van der Waals surface area (Å²) in [5.41, 5.74) is 7.14. The molecule has 0 saturated carbocycles. The lowest BCUT2D eigenvalue weighted by Gasteiger charge is -2.19. The van der Waals surface area contributed by atoms with E-state index in [0.717, 1.165) is 11.1 Å². The summed E-state index contributed by atoms with van der Waals surface area (Å²) in [7, 11) is 1.80. The van der Waals surface area contributed by atoms with Crippen molar-refractivity contribution in [3.05, 3.63) is 64.7 Å². The molecule has 110 valence electrons. The van der Waals surface area contributed by atoms with Gasteiger partial charge in [0.25, 0.3) is 5.91 Å². The number of rotatable bonds is 4. The van der Waals surface area contributed by atoms with Crippen LogP contribution in [0.5, 0.6) is 0 Å². The second kappa shape index (κ2) is 6.41. The lowest BCUT2D eigenvalue weighted by Crippen LogP contribution is -2.27. The summed E-state index contributed by atoms with van der Waals surface area (Å²) in [5, 5.41) is 0. The van der Waals surface area contributed by atoms with Gasteiger partial charge >= 0.3 is 0 Å². The van der Waals surface area contributed by atoms with Crippen molar-refractivity contribution in [3.8, 4) is 0 Å². The molecular weight excluding hydrogens is 262 g/mol. The van der Waals surface area contributed by atoms with Gasteiger partial charge in [-0.15, -0.1) is 0 Å². The highest BCUT2D eigenvalue weighted by Crippen LogP contribution is 2.19. The molecule has 21 heavy (non-hydrogen) atoms. The maximum Gasteiger partial charge on any atom is 0.256 e. The second-order valence-corrected chi connectivity index (χ2v) is 5.34. The molecule has 0 spiro atoms. The van der Waals surface area contributed by atoms with E-state index in [-0.39, 0.29) is 5.91 Å². The van der Waals surface area contributed by atoms with Crippen LogP contribution in [-0.4, -0.2) is 17.9 Å². The molecule has 0 bridgehead atoms. The van der Waals surface area contributed by atoms with Crippen molar-refractivity contribution in [1.29, 1.82) is 0 Å². The van der Waals surface area contributed by atoms with Crippen LogP contribution in [0.25, 0.3) is 0 Å². The van der Waals surface area contributed by atoms with Crippen LogP contribution in [0.1, 0.15) is 27.0 Å². The van der Waals surface area contributed by atoms with Crippen LogP contribution in [0.2, 0.25) is 0 Å². The number of hydrogen-bond donors (Lipinski definition) is 2. The summed E-state index contributed by atoms with van der Waals surface area (Å²) in [6.07, 6.45) is 0. The number of hydrogen-bond acceptors (Lipinski definition) is 3. The minimum absolute atomic E-state index is 0.0480. The van der Waals surface area contributed by atoms with E-state index in [2.05, 4.69) is 11.5 Å². The van der Waals surface area contributed by atoms with Gasteiger partial charge < -0.3 is 10.3 Å². The van der Waals surface area contributed by atoms with Crippen LogP contribution in [0.3, 0.4) is 0 Å². The molecule has 0 aliphatic heterocycles. The van der Waals surface area contributed by atoms with Gasteiger partial charge in [-0.25, -0.2) is 0 Å². The number of amides is 1. The van der Waals surface area contributed by atoms with Crippen molar-refractivity contribution < 1.29 is 4.79 Å². The first-order valence-corrected chi connectivity index (χ1v) is 6.89. The number of anilines is 1. The quantitative estimate of drug-likeness (QED) is 0.670. The third-order valence-corrected chi connectivity index (χ3v) is 3.41. The lowest BCUT2D eigenvalue weighted by atomic mass is 10.1. The molecule has 0 aliphatic rings. The molecule has 0 unspecified atom stereocenters. The average molecular weight is 283 g/mol. The number of nitrogens with zero attached hydrogens (tertiary/aromatic N) is 1. The summed E-state index contributed by atoms with van der Waals surface area (Å²) >= 11 is 0. The normalized spacial score (nSPS) is 10.3.